The van der Waals surface area contributed by atoms with Gasteiger partial charge in [0.2, 0.25) is 11.8 Å². The van der Waals surface area contributed by atoms with Gasteiger partial charge in [-0.2, -0.15) is 0 Å². The number of piperidine rings is 1. The van der Waals surface area contributed by atoms with E-state index in [4.69, 9.17) is 5.73 Å². The zero-order valence-corrected chi connectivity index (χ0v) is 17.8. The molecule has 30 heavy (non-hydrogen) atoms. The zero-order valence-electron chi connectivity index (χ0n) is 17.8. The lowest BCUT2D eigenvalue weighted by molar-refractivity contribution is -0.136. The van der Waals surface area contributed by atoms with Crippen molar-refractivity contribution >= 4 is 17.7 Å². The predicted octanol–water partition coefficient (Wildman–Crippen LogP) is 0.598. The first-order chi connectivity index (χ1) is 14.5. The maximum atomic E-state index is 12.9. The van der Waals surface area contributed by atoms with Gasteiger partial charge in [-0.15, -0.1) is 0 Å². The molecule has 1 atom stereocenters. The highest BCUT2D eigenvalue weighted by Gasteiger charge is 2.39. The van der Waals surface area contributed by atoms with E-state index in [1.165, 1.54) is 0 Å². The third-order valence-electron chi connectivity index (χ3n) is 5.88. The highest BCUT2D eigenvalue weighted by atomic mass is 16.2. The molecule has 2 heterocycles. The molecule has 1 saturated heterocycles. The Hall–Kier alpha value is -2.29. The van der Waals surface area contributed by atoms with E-state index in [0.717, 1.165) is 56.7 Å². The van der Waals surface area contributed by atoms with Crippen molar-refractivity contribution in [2.75, 3.05) is 32.7 Å². The Morgan fingerprint density at radius 2 is 2.03 bits per heavy atom. The summed E-state index contributed by atoms with van der Waals surface area (Å²) in [5, 5.41) is 5.79. The minimum absolute atomic E-state index is 0.125. The fraction of sp³-hybridized carbons (Fsp3) is 0.591. The molecule has 4 N–H and O–H groups in total. The van der Waals surface area contributed by atoms with Crippen LogP contribution in [0.5, 0.6) is 0 Å². The summed E-state index contributed by atoms with van der Waals surface area (Å²) in [4.78, 5) is 40.4. The average molecular weight is 416 g/mol. The van der Waals surface area contributed by atoms with Crippen molar-refractivity contribution in [2.45, 2.75) is 51.7 Å². The van der Waals surface area contributed by atoms with Crippen molar-refractivity contribution in [3.63, 3.8) is 0 Å². The number of imide groups is 1. The van der Waals surface area contributed by atoms with Crippen LogP contribution in [0, 0.1) is 0 Å². The molecule has 1 fully saturated rings. The number of nitrogens with zero attached hydrogens (tertiary/aromatic N) is 2. The molecular formula is C22H33N5O3. The molecule has 164 valence electrons. The first kappa shape index (κ1) is 22.4. The Kier molecular flexibility index (Phi) is 7.95. The van der Waals surface area contributed by atoms with Gasteiger partial charge in [0.1, 0.15) is 6.04 Å². The largest absolute Gasteiger partial charge is 0.330 e. The van der Waals surface area contributed by atoms with Crippen molar-refractivity contribution in [2.24, 2.45) is 5.73 Å². The summed E-state index contributed by atoms with van der Waals surface area (Å²) in [5.41, 5.74) is 8.24. The second-order valence-electron chi connectivity index (χ2n) is 8.00. The Bertz CT molecular complexity index is 782. The molecule has 0 bridgehead atoms. The number of hydrogen-bond donors (Lipinski definition) is 3. The van der Waals surface area contributed by atoms with E-state index >= 15 is 0 Å². The number of fused-ring (bicyclic) bond motifs is 1. The normalized spacial score (nSPS) is 18.8. The van der Waals surface area contributed by atoms with Crippen LogP contribution in [0.1, 0.15) is 54.1 Å². The number of benzene rings is 1. The summed E-state index contributed by atoms with van der Waals surface area (Å²) < 4.78 is 0. The lowest BCUT2D eigenvalue weighted by atomic mass is 10.0. The minimum atomic E-state index is -0.565. The SMILES string of the molecule is CCN(CCCN)CCCNCc1ccc2c(c1)C(=O)N(C1CCC(=O)NC1=O)C2. The van der Waals surface area contributed by atoms with Gasteiger partial charge in [0.15, 0.2) is 0 Å². The van der Waals surface area contributed by atoms with Crippen molar-refractivity contribution < 1.29 is 14.4 Å². The van der Waals surface area contributed by atoms with Crippen LogP contribution in [0.3, 0.4) is 0 Å². The molecule has 0 aromatic heterocycles. The highest BCUT2D eigenvalue weighted by Crippen LogP contribution is 2.28. The molecule has 3 rings (SSSR count). The van der Waals surface area contributed by atoms with Crippen molar-refractivity contribution in [3.05, 3.63) is 34.9 Å². The molecule has 8 heteroatoms. The predicted molar refractivity (Wildman–Crippen MR) is 115 cm³/mol. The Labute approximate surface area is 178 Å². The number of amides is 3. The first-order valence-corrected chi connectivity index (χ1v) is 10.9. The number of hydrogen-bond acceptors (Lipinski definition) is 6. The van der Waals surface area contributed by atoms with E-state index in [1.54, 1.807) is 4.90 Å². The minimum Gasteiger partial charge on any atom is -0.330 e. The van der Waals surface area contributed by atoms with Gasteiger partial charge < -0.3 is 20.9 Å². The van der Waals surface area contributed by atoms with Gasteiger partial charge in [-0.25, -0.2) is 0 Å². The van der Waals surface area contributed by atoms with Gasteiger partial charge in [-0.3, -0.25) is 19.7 Å². The second-order valence-corrected chi connectivity index (χ2v) is 8.00. The van der Waals surface area contributed by atoms with E-state index in [2.05, 4.69) is 22.5 Å². The average Bonchev–Trinajstić information content (AvgIpc) is 3.06. The molecule has 2 aliphatic heterocycles. The number of nitrogens with two attached hydrogens (primary N) is 1. The topological polar surface area (TPSA) is 108 Å². The highest BCUT2D eigenvalue weighted by molar-refractivity contribution is 6.05. The third kappa shape index (κ3) is 5.44. The Balaban J connectivity index is 1.48. The molecule has 3 amide bonds. The van der Waals surface area contributed by atoms with Gasteiger partial charge >= 0.3 is 0 Å². The molecule has 0 aliphatic carbocycles. The van der Waals surface area contributed by atoms with Crippen LogP contribution in [-0.2, 0) is 22.7 Å². The fourth-order valence-corrected chi connectivity index (χ4v) is 4.12. The summed E-state index contributed by atoms with van der Waals surface area (Å²) in [6.07, 6.45) is 2.75. The van der Waals surface area contributed by atoms with E-state index < -0.39 is 6.04 Å². The number of carbonyl (C=O) groups excluding carboxylic acids is 3. The summed E-state index contributed by atoms with van der Waals surface area (Å²) in [6, 6.07) is 5.37. The molecule has 8 nitrogen and oxygen atoms in total. The van der Waals surface area contributed by atoms with Crippen LogP contribution in [0.15, 0.2) is 18.2 Å². The van der Waals surface area contributed by atoms with Crippen LogP contribution < -0.4 is 16.4 Å². The van der Waals surface area contributed by atoms with E-state index in [9.17, 15) is 14.4 Å². The monoisotopic (exact) mass is 415 g/mol. The zero-order chi connectivity index (χ0) is 21.5. The van der Waals surface area contributed by atoms with Crippen LogP contribution in [0.25, 0.3) is 0 Å². The van der Waals surface area contributed by atoms with Crippen LogP contribution in [0.4, 0.5) is 0 Å². The standard InChI is InChI=1S/C22H33N5O3/c1-2-26(11-3-9-23)12-4-10-24-14-16-5-6-17-15-27(22(30)18(17)13-16)19-7-8-20(28)25-21(19)29/h5-6,13,19,24H,2-4,7-12,14-15,23H2,1H3,(H,25,28,29). The first-order valence-electron chi connectivity index (χ1n) is 10.9. The van der Waals surface area contributed by atoms with Gasteiger partial charge in [0.05, 0.1) is 0 Å². The summed E-state index contributed by atoms with van der Waals surface area (Å²) in [6.45, 7) is 8.06. The lowest BCUT2D eigenvalue weighted by Gasteiger charge is -2.29. The smallest absolute Gasteiger partial charge is 0.255 e. The van der Waals surface area contributed by atoms with Crippen molar-refractivity contribution in [3.8, 4) is 0 Å². The van der Waals surface area contributed by atoms with Gasteiger partial charge in [0, 0.05) is 25.1 Å². The molecule has 2 aliphatic rings. The van der Waals surface area contributed by atoms with Gasteiger partial charge in [-0.05, 0) is 69.2 Å². The van der Waals surface area contributed by atoms with Crippen molar-refractivity contribution in [1.82, 2.24) is 20.4 Å². The van der Waals surface area contributed by atoms with Crippen LogP contribution >= 0.6 is 0 Å². The van der Waals surface area contributed by atoms with Gasteiger partial charge in [-0.1, -0.05) is 19.1 Å². The number of rotatable bonds is 11. The van der Waals surface area contributed by atoms with Crippen LogP contribution in [-0.4, -0.2) is 66.3 Å². The van der Waals surface area contributed by atoms with Gasteiger partial charge in [0.25, 0.3) is 5.91 Å². The summed E-state index contributed by atoms with van der Waals surface area (Å²) in [5.74, 6) is -0.767. The third-order valence-corrected chi connectivity index (χ3v) is 5.88. The summed E-state index contributed by atoms with van der Waals surface area (Å²) >= 11 is 0. The lowest BCUT2D eigenvalue weighted by Crippen LogP contribution is -2.52. The number of carbonyl (C=O) groups is 3. The Morgan fingerprint density at radius 1 is 1.23 bits per heavy atom. The molecular weight excluding hydrogens is 382 g/mol. The Morgan fingerprint density at radius 3 is 2.77 bits per heavy atom. The maximum absolute atomic E-state index is 12.9. The second kappa shape index (κ2) is 10.7. The van der Waals surface area contributed by atoms with Crippen molar-refractivity contribution in [1.29, 1.82) is 0 Å². The molecule has 1 unspecified atom stereocenters. The fourth-order valence-electron chi connectivity index (χ4n) is 4.12. The van der Waals surface area contributed by atoms with E-state index in [1.807, 2.05) is 18.2 Å². The van der Waals surface area contributed by atoms with E-state index in [0.29, 0.717) is 25.1 Å². The van der Waals surface area contributed by atoms with E-state index in [-0.39, 0.29) is 24.1 Å². The molecule has 1 aromatic carbocycles. The summed E-state index contributed by atoms with van der Waals surface area (Å²) in [7, 11) is 0. The molecule has 0 saturated carbocycles. The molecule has 0 spiro atoms. The molecule has 1 aromatic rings. The quantitative estimate of drug-likeness (QED) is 0.361. The van der Waals surface area contributed by atoms with Crippen LogP contribution in [0.2, 0.25) is 0 Å². The maximum Gasteiger partial charge on any atom is 0.255 e. The number of nitrogens with one attached hydrogen (secondary N) is 2. The molecule has 0 radical (unpaired) electrons.